The standard InChI is InChI=1S/C10H5Br2FS2/c11-7-1-2-8(12)10(9(7)13)15-6-3-4-14-5-6/h1-5H. The summed E-state index contributed by atoms with van der Waals surface area (Å²) >= 11 is 9.55. The van der Waals surface area contributed by atoms with Gasteiger partial charge in [-0.05, 0) is 55.4 Å². The number of benzene rings is 1. The van der Waals surface area contributed by atoms with Crippen molar-refractivity contribution in [2.75, 3.05) is 0 Å². The summed E-state index contributed by atoms with van der Waals surface area (Å²) in [5.74, 6) is -0.222. The summed E-state index contributed by atoms with van der Waals surface area (Å²) in [6, 6.07) is 5.50. The lowest BCUT2D eigenvalue weighted by molar-refractivity contribution is 0.593. The van der Waals surface area contributed by atoms with Gasteiger partial charge in [0.15, 0.2) is 5.82 Å². The van der Waals surface area contributed by atoms with Crippen molar-refractivity contribution in [3.05, 3.63) is 43.7 Å². The smallest absolute Gasteiger partial charge is 0.152 e. The molecule has 1 aromatic heterocycles. The molecule has 2 rings (SSSR count). The lowest BCUT2D eigenvalue weighted by Crippen LogP contribution is -1.84. The molecule has 0 fully saturated rings. The van der Waals surface area contributed by atoms with Crippen LogP contribution in [-0.2, 0) is 0 Å². The Labute approximate surface area is 112 Å². The van der Waals surface area contributed by atoms with Crippen molar-refractivity contribution in [2.45, 2.75) is 9.79 Å². The Morgan fingerprint density at radius 1 is 1.13 bits per heavy atom. The molecule has 0 saturated heterocycles. The number of hydrogen-bond acceptors (Lipinski definition) is 2. The molecule has 0 unspecified atom stereocenters. The lowest BCUT2D eigenvalue weighted by atomic mass is 10.3. The van der Waals surface area contributed by atoms with Gasteiger partial charge >= 0.3 is 0 Å². The van der Waals surface area contributed by atoms with E-state index >= 15 is 0 Å². The van der Waals surface area contributed by atoms with Crippen molar-refractivity contribution in [3.8, 4) is 0 Å². The summed E-state index contributed by atoms with van der Waals surface area (Å²) in [5.41, 5.74) is 0. The first-order valence-electron chi connectivity index (χ1n) is 4.02. The summed E-state index contributed by atoms with van der Waals surface area (Å²) in [7, 11) is 0. The van der Waals surface area contributed by atoms with Crippen LogP contribution in [0.2, 0.25) is 0 Å². The van der Waals surface area contributed by atoms with E-state index in [1.54, 1.807) is 17.4 Å². The van der Waals surface area contributed by atoms with E-state index < -0.39 is 0 Å². The first-order chi connectivity index (χ1) is 7.18. The molecule has 78 valence electrons. The van der Waals surface area contributed by atoms with Crippen LogP contribution in [0.3, 0.4) is 0 Å². The van der Waals surface area contributed by atoms with Crippen molar-refractivity contribution in [1.29, 1.82) is 0 Å². The van der Waals surface area contributed by atoms with E-state index in [4.69, 9.17) is 0 Å². The van der Waals surface area contributed by atoms with Crippen molar-refractivity contribution in [3.63, 3.8) is 0 Å². The first kappa shape index (κ1) is 11.6. The van der Waals surface area contributed by atoms with E-state index in [2.05, 4.69) is 31.9 Å². The van der Waals surface area contributed by atoms with E-state index in [9.17, 15) is 4.39 Å². The van der Waals surface area contributed by atoms with Gasteiger partial charge in [0.05, 0.1) is 9.37 Å². The molecule has 0 amide bonds. The summed E-state index contributed by atoms with van der Waals surface area (Å²) in [6.45, 7) is 0. The van der Waals surface area contributed by atoms with Gasteiger partial charge in [0.2, 0.25) is 0 Å². The second-order valence-corrected chi connectivity index (χ2v) is 6.31. The van der Waals surface area contributed by atoms with Gasteiger partial charge in [0.25, 0.3) is 0 Å². The minimum atomic E-state index is -0.222. The Hall–Kier alpha value is 0.160. The number of halogens is 3. The Balaban J connectivity index is 2.39. The van der Waals surface area contributed by atoms with Gasteiger partial charge in [-0.1, -0.05) is 11.8 Å². The molecule has 0 nitrogen and oxygen atoms in total. The van der Waals surface area contributed by atoms with E-state index in [1.165, 1.54) is 11.8 Å². The molecule has 0 spiro atoms. The van der Waals surface area contributed by atoms with Gasteiger partial charge in [0, 0.05) is 14.7 Å². The highest BCUT2D eigenvalue weighted by molar-refractivity contribution is 9.11. The molecule has 0 atom stereocenters. The summed E-state index contributed by atoms with van der Waals surface area (Å²) in [5, 5.41) is 3.98. The van der Waals surface area contributed by atoms with Crippen molar-refractivity contribution >= 4 is 55.0 Å². The zero-order valence-corrected chi connectivity index (χ0v) is 12.1. The SMILES string of the molecule is Fc1c(Br)ccc(Br)c1Sc1ccsc1. The molecular weight excluding hydrogens is 363 g/mol. The average molecular weight is 368 g/mol. The fraction of sp³-hybridized carbons (Fsp3) is 0. The summed E-state index contributed by atoms with van der Waals surface area (Å²) in [6.07, 6.45) is 0. The summed E-state index contributed by atoms with van der Waals surface area (Å²) in [4.78, 5) is 1.67. The molecule has 1 heterocycles. The van der Waals surface area contributed by atoms with E-state index in [-0.39, 0.29) is 5.82 Å². The molecule has 5 heteroatoms. The van der Waals surface area contributed by atoms with E-state index in [1.807, 2.05) is 22.9 Å². The third-order valence-electron chi connectivity index (χ3n) is 1.72. The summed E-state index contributed by atoms with van der Waals surface area (Å²) < 4.78 is 15.0. The normalized spacial score (nSPS) is 10.6. The zero-order chi connectivity index (χ0) is 10.8. The van der Waals surface area contributed by atoms with Crippen LogP contribution in [0.25, 0.3) is 0 Å². The van der Waals surface area contributed by atoms with Crippen LogP contribution in [0.15, 0.2) is 47.7 Å². The monoisotopic (exact) mass is 366 g/mol. The lowest BCUT2D eigenvalue weighted by Gasteiger charge is -2.05. The van der Waals surface area contributed by atoms with Crippen LogP contribution in [0.1, 0.15) is 0 Å². The molecule has 0 radical (unpaired) electrons. The zero-order valence-electron chi connectivity index (χ0n) is 7.34. The molecule has 0 bridgehead atoms. The van der Waals surface area contributed by atoms with Crippen LogP contribution >= 0.6 is 55.0 Å². The highest BCUT2D eigenvalue weighted by Gasteiger charge is 2.12. The van der Waals surface area contributed by atoms with Crippen LogP contribution in [0, 0.1) is 5.82 Å². The van der Waals surface area contributed by atoms with Crippen LogP contribution < -0.4 is 0 Å². The molecular formula is C10H5Br2FS2. The third-order valence-corrected chi connectivity index (χ3v) is 5.18. The molecule has 0 N–H and O–H groups in total. The highest BCUT2D eigenvalue weighted by Crippen LogP contribution is 2.38. The fourth-order valence-corrected chi connectivity index (χ4v) is 3.74. The topological polar surface area (TPSA) is 0 Å². The van der Waals surface area contributed by atoms with Crippen molar-refractivity contribution in [1.82, 2.24) is 0 Å². The van der Waals surface area contributed by atoms with Gasteiger partial charge in [-0.25, -0.2) is 4.39 Å². The Morgan fingerprint density at radius 2 is 1.87 bits per heavy atom. The Bertz CT molecular complexity index is 469. The Morgan fingerprint density at radius 3 is 2.53 bits per heavy atom. The van der Waals surface area contributed by atoms with Crippen LogP contribution in [0.5, 0.6) is 0 Å². The fourth-order valence-electron chi connectivity index (χ4n) is 1.03. The minimum Gasteiger partial charge on any atom is -0.204 e. The molecule has 15 heavy (non-hydrogen) atoms. The van der Waals surface area contributed by atoms with Crippen LogP contribution in [0.4, 0.5) is 4.39 Å². The maximum Gasteiger partial charge on any atom is 0.152 e. The highest BCUT2D eigenvalue weighted by atomic mass is 79.9. The van der Waals surface area contributed by atoms with Gasteiger partial charge in [-0.15, -0.1) is 0 Å². The van der Waals surface area contributed by atoms with Gasteiger partial charge in [-0.2, -0.15) is 11.3 Å². The van der Waals surface area contributed by atoms with Gasteiger partial charge < -0.3 is 0 Å². The number of rotatable bonds is 2. The first-order valence-corrected chi connectivity index (χ1v) is 7.36. The van der Waals surface area contributed by atoms with Crippen molar-refractivity contribution in [2.24, 2.45) is 0 Å². The molecule has 2 aromatic rings. The molecule has 0 aliphatic heterocycles. The second kappa shape index (κ2) is 4.99. The molecule has 0 aliphatic carbocycles. The number of thiophene rings is 1. The quantitative estimate of drug-likeness (QED) is 0.626. The largest absolute Gasteiger partial charge is 0.204 e. The molecule has 0 saturated carbocycles. The van der Waals surface area contributed by atoms with Crippen molar-refractivity contribution < 1.29 is 4.39 Å². The predicted octanol–water partition coefficient (Wildman–Crippen LogP) is 5.56. The maximum absolute atomic E-state index is 13.8. The van der Waals surface area contributed by atoms with Crippen LogP contribution in [-0.4, -0.2) is 0 Å². The predicted molar refractivity (Wildman–Crippen MR) is 70.2 cm³/mol. The maximum atomic E-state index is 13.8. The van der Waals surface area contributed by atoms with Gasteiger partial charge in [0.1, 0.15) is 0 Å². The second-order valence-electron chi connectivity index (χ2n) is 2.73. The minimum absolute atomic E-state index is 0.222. The number of hydrogen-bond donors (Lipinski definition) is 0. The molecule has 0 aliphatic rings. The van der Waals surface area contributed by atoms with E-state index in [0.717, 1.165) is 9.37 Å². The Kier molecular flexibility index (Phi) is 3.88. The third kappa shape index (κ3) is 2.64. The van der Waals surface area contributed by atoms with Gasteiger partial charge in [-0.3, -0.25) is 0 Å². The van der Waals surface area contributed by atoms with E-state index in [0.29, 0.717) is 9.37 Å². The molecule has 1 aromatic carbocycles. The average Bonchev–Trinajstić information content (AvgIpc) is 2.71.